The van der Waals surface area contributed by atoms with Gasteiger partial charge in [-0.05, 0) is 29.8 Å². The molecule has 0 fully saturated rings. The smallest absolute Gasteiger partial charge is 0.269 e. The van der Waals surface area contributed by atoms with Crippen LogP contribution in [0.2, 0.25) is 10.0 Å². The van der Waals surface area contributed by atoms with Crippen molar-refractivity contribution in [3.63, 3.8) is 0 Å². The fraction of sp³-hybridized carbons (Fsp3) is 0.136. The average Bonchev–Trinajstić information content (AvgIpc) is 3.20. The van der Waals surface area contributed by atoms with E-state index >= 15 is 0 Å². The van der Waals surface area contributed by atoms with E-state index in [-0.39, 0.29) is 11.7 Å². The number of nitrogens with zero attached hydrogens (tertiary/aromatic N) is 3. The van der Waals surface area contributed by atoms with Crippen molar-refractivity contribution in [1.29, 1.82) is 0 Å². The fourth-order valence-corrected chi connectivity index (χ4v) is 4.45. The van der Waals surface area contributed by atoms with E-state index in [1.807, 2.05) is 41.4 Å². The Balaban J connectivity index is 1.61. The highest BCUT2D eigenvalue weighted by Gasteiger charge is 2.42. The fourth-order valence-electron chi connectivity index (χ4n) is 3.90. The van der Waals surface area contributed by atoms with Crippen LogP contribution in [0.1, 0.15) is 35.4 Å². The lowest BCUT2D eigenvalue weighted by Gasteiger charge is -2.38. The first-order valence-corrected chi connectivity index (χ1v) is 10.1. The largest absolute Gasteiger partial charge is 0.463 e. The Bertz CT molecular complexity index is 1170. The molecule has 5 rings (SSSR count). The Morgan fingerprint density at radius 3 is 2.50 bits per heavy atom. The lowest BCUT2D eigenvalue weighted by Crippen LogP contribution is -2.33. The van der Waals surface area contributed by atoms with Crippen LogP contribution in [0.3, 0.4) is 0 Å². The topological polar surface area (TPSA) is 68.0 Å². The lowest BCUT2D eigenvalue weighted by molar-refractivity contribution is -0.384. The van der Waals surface area contributed by atoms with Gasteiger partial charge in [-0.2, -0.15) is 5.10 Å². The van der Waals surface area contributed by atoms with Gasteiger partial charge in [0.1, 0.15) is 5.75 Å². The van der Waals surface area contributed by atoms with E-state index in [1.54, 1.807) is 18.2 Å². The predicted octanol–water partition coefficient (Wildman–Crippen LogP) is 6.14. The zero-order valence-electron chi connectivity index (χ0n) is 15.5. The monoisotopic (exact) mass is 439 g/mol. The summed E-state index contributed by atoms with van der Waals surface area (Å²) < 4.78 is 6.26. The van der Waals surface area contributed by atoms with Crippen molar-refractivity contribution in [1.82, 2.24) is 5.01 Å². The van der Waals surface area contributed by atoms with Crippen molar-refractivity contribution in [2.45, 2.75) is 18.7 Å². The molecule has 0 aromatic heterocycles. The summed E-state index contributed by atoms with van der Waals surface area (Å²) in [4.78, 5) is 10.6. The van der Waals surface area contributed by atoms with Crippen LogP contribution in [0.4, 0.5) is 5.69 Å². The molecule has 2 atom stereocenters. The number of fused-ring (bicyclic) bond motifs is 3. The van der Waals surface area contributed by atoms with Crippen LogP contribution in [-0.4, -0.2) is 15.6 Å². The van der Waals surface area contributed by atoms with Crippen LogP contribution in [0.5, 0.6) is 5.75 Å². The molecule has 0 aliphatic carbocycles. The standard InChI is InChI=1S/C22H15Cl2N3O3/c23-15-10-17-20-12-19(13-4-2-1-3-5-13)25-26(20)22(30-21(17)18(24)11-15)14-6-8-16(9-7-14)27(28)29/h1-11,20,22H,12H2/t20-,22+/m1/s1. The van der Waals surface area contributed by atoms with Crippen LogP contribution in [-0.2, 0) is 0 Å². The quantitative estimate of drug-likeness (QED) is 0.362. The number of non-ortho nitro benzene ring substituents is 1. The van der Waals surface area contributed by atoms with Gasteiger partial charge in [0.15, 0.2) is 0 Å². The zero-order chi connectivity index (χ0) is 20.8. The molecule has 0 N–H and O–H groups in total. The van der Waals surface area contributed by atoms with Gasteiger partial charge >= 0.3 is 0 Å². The molecule has 0 radical (unpaired) electrons. The lowest BCUT2D eigenvalue weighted by atomic mass is 9.96. The number of halogens is 2. The number of ether oxygens (including phenoxy) is 1. The zero-order valence-corrected chi connectivity index (χ0v) is 17.0. The van der Waals surface area contributed by atoms with Crippen LogP contribution in [0, 0.1) is 10.1 Å². The minimum atomic E-state index is -0.566. The Morgan fingerprint density at radius 1 is 1.07 bits per heavy atom. The van der Waals surface area contributed by atoms with Gasteiger partial charge in [-0.3, -0.25) is 10.1 Å². The summed E-state index contributed by atoms with van der Waals surface area (Å²) >= 11 is 12.7. The van der Waals surface area contributed by atoms with Crippen LogP contribution < -0.4 is 4.74 Å². The molecule has 3 aromatic rings. The van der Waals surface area contributed by atoms with Crippen molar-refractivity contribution in [3.8, 4) is 5.75 Å². The Labute approximate surface area is 182 Å². The van der Waals surface area contributed by atoms with E-state index in [0.29, 0.717) is 22.2 Å². The van der Waals surface area contributed by atoms with Gasteiger partial charge in [0.25, 0.3) is 5.69 Å². The Morgan fingerprint density at radius 2 is 1.80 bits per heavy atom. The molecule has 8 heteroatoms. The van der Waals surface area contributed by atoms with Gasteiger partial charge in [0, 0.05) is 34.7 Å². The Hall–Kier alpha value is -3.09. The molecule has 6 nitrogen and oxygen atoms in total. The molecule has 2 heterocycles. The second-order valence-corrected chi connectivity index (χ2v) is 7.98. The van der Waals surface area contributed by atoms with E-state index < -0.39 is 11.2 Å². The van der Waals surface area contributed by atoms with E-state index in [9.17, 15) is 10.1 Å². The van der Waals surface area contributed by atoms with Crippen molar-refractivity contribution in [3.05, 3.63) is 104 Å². The molecule has 0 spiro atoms. The maximum absolute atomic E-state index is 11.0. The average molecular weight is 440 g/mol. The number of benzene rings is 3. The van der Waals surface area contributed by atoms with E-state index in [4.69, 9.17) is 33.0 Å². The van der Waals surface area contributed by atoms with Crippen LogP contribution in [0.15, 0.2) is 71.8 Å². The first-order valence-electron chi connectivity index (χ1n) is 9.32. The second kappa shape index (κ2) is 7.31. The maximum Gasteiger partial charge on any atom is 0.269 e. The summed E-state index contributed by atoms with van der Waals surface area (Å²) in [5.41, 5.74) is 3.61. The van der Waals surface area contributed by atoms with E-state index in [0.717, 1.165) is 22.4 Å². The third-order valence-electron chi connectivity index (χ3n) is 5.30. The van der Waals surface area contributed by atoms with E-state index in [2.05, 4.69) is 0 Å². The number of hydrogen-bond donors (Lipinski definition) is 0. The van der Waals surface area contributed by atoms with Crippen molar-refractivity contribution in [2.24, 2.45) is 5.10 Å². The van der Waals surface area contributed by atoms with Gasteiger partial charge in [0.2, 0.25) is 6.23 Å². The highest BCUT2D eigenvalue weighted by molar-refractivity contribution is 6.35. The van der Waals surface area contributed by atoms with Gasteiger partial charge in [0.05, 0.1) is 21.7 Å². The molecule has 0 saturated heterocycles. The summed E-state index contributed by atoms with van der Waals surface area (Å²) in [7, 11) is 0. The molecule has 2 aliphatic rings. The van der Waals surface area contributed by atoms with Gasteiger partial charge in [-0.15, -0.1) is 0 Å². The first-order chi connectivity index (χ1) is 14.5. The number of hydrazone groups is 1. The first kappa shape index (κ1) is 18.9. The minimum absolute atomic E-state index is 0.0196. The molecular formula is C22H15Cl2N3O3. The highest BCUT2D eigenvalue weighted by atomic mass is 35.5. The Kier molecular flexibility index (Phi) is 4.60. The van der Waals surface area contributed by atoms with Gasteiger partial charge < -0.3 is 4.74 Å². The van der Waals surface area contributed by atoms with E-state index in [1.165, 1.54) is 12.1 Å². The molecule has 0 saturated carbocycles. The molecule has 0 unspecified atom stereocenters. The highest BCUT2D eigenvalue weighted by Crippen LogP contribution is 2.50. The van der Waals surface area contributed by atoms with Crippen molar-refractivity contribution < 1.29 is 9.66 Å². The van der Waals surface area contributed by atoms with Gasteiger partial charge in [-0.1, -0.05) is 53.5 Å². The summed E-state index contributed by atoms with van der Waals surface area (Å²) in [6.45, 7) is 0. The third kappa shape index (κ3) is 3.18. The SMILES string of the molecule is O=[N+]([O-])c1ccc([C@@H]2Oc3c(Cl)cc(Cl)cc3[C@H]3CC(c4ccccc4)=NN32)cc1. The summed E-state index contributed by atoms with van der Waals surface area (Å²) in [5, 5.41) is 18.7. The second-order valence-electron chi connectivity index (χ2n) is 7.14. The molecule has 30 heavy (non-hydrogen) atoms. The van der Waals surface area contributed by atoms with Crippen molar-refractivity contribution in [2.75, 3.05) is 0 Å². The molecule has 0 amide bonds. The summed E-state index contributed by atoms with van der Waals surface area (Å²) in [6, 6.07) is 19.6. The normalized spacial score (nSPS) is 19.5. The number of nitro benzene ring substituents is 1. The third-order valence-corrected chi connectivity index (χ3v) is 5.80. The number of rotatable bonds is 3. The van der Waals surface area contributed by atoms with Gasteiger partial charge in [-0.25, -0.2) is 5.01 Å². The van der Waals surface area contributed by atoms with Crippen LogP contribution >= 0.6 is 23.2 Å². The van der Waals surface area contributed by atoms with Crippen LogP contribution in [0.25, 0.3) is 0 Å². The summed E-state index contributed by atoms with van der Waals surface area (Å²) in [5.74, 6) is 0.565. The number of nitro groups is 1. The molecule has 2 aliphatic heterocycles. The van der Waals surface area contributed by atoms with Crippen molar-refractivity contribution >= 4 is 34.6 Å². The molecule has 0 bridgehead atoms. The maximum atomic E-state index is 11.0. The number of hydrogen-bond acceptors (Lipinski definition) is 5. The molecule has 150 valence electrons. The minimum Gasteiger partial charge on any atom is -0.463 e. The predicted molar refractivity (Wildman–Crippen MR) is 115 cm³/mol. The summed E-state index contributed by atoms with van der Waals surface area (Å²) in [6.07, 6.45) is 0.101. The molecule has 3 aromatic carbocycles. The molecular weight excluding hydrogens is 425 g/mol.